The Morgan fingerprint density at radius 2 is 2.00 bits per heavy atom. The summed E-state index contributed by atoms with van der Waals surface area (Å²) in [6.45, 7) is 6.47. The molecule has 0 heterocycles. The maximum absolute atomic E-state index is 5.97. The average molecular weight is 211 g/mol. The van der Waals surface area contributed by atoms with Crippen molar-refractivity contribution in [3.05, 3.63) is 35.4 Å². The Kier molecular flexibility index (Phi) is 4.47. The van der Waals surface area contributed by atoms with Crippen molar-refractivity contribution < 1.29 is 0 Å². The highest BCUT2D eigenvalue weighted by Crippen LogP contribution is 2.16. The monoisotopic (exact) mass is 210 g/mol. The predicted octanol–water partition coefficient (Wildman–Crippen LogP) is 4.19. The van der Waals surface area contributed by atoms with Gasteiger partial charge in [0.05, 0.1) is 0 Å². The lowest BCUT2D eigenvalue weighted by molar-refractivity contribution is 0.526. The minimum atomic E-state index is 0.287. The molecule has 0 spiro atoms. The zero-order chi connectivity index (χ0) is 10.6. The van der Waals surface area contributed by atoms with Gasteiger partial charge in [-0.1, -0.05) is 36.8 Å². The molecule has 0 N–H and O–H groups in total. The molecule has 1 rings (SSSR count). The summed E-state index contributed by atoms with van der Waals surface area (Å²) in [7, 11) is 0. The molecule has 0 fully saturated rings. The van der Waals surface area contributed by atoms with Gasteiger partial charge in [0, 0.05) is 5.38 Å². The van der Waals surface area contributed by atoms with Crippen LogP contribution in [0.2, 0.25) is 0 Å². The molecule has 0 amide bonds. The van der Waals surface area contributed by atoms with Gasteiger partial charge in [0.2, 0.25) is 0 Å². The molecule has 0 aliphatic rings. The van der Waals surface area contributed by atoms with Crippen LogP contribution in [0, 0.1) is 12.8 Å². The summed E-state index contributed by atoms with van der Waals surface area (Å²) in [5.41, 5.74) is 2.77. The lowest BCUT2D eigenvalue weighted by Gasteiger charge is -2.12. The van der Waals surface area contributed by atoms with Crippen molar-refractivity contribution in [1.29, 1.82) is 0 Å². The molecular formula is C13H19Cl. The standard InChI is InChI=1S/C13H19Cl/c1-10-5-4-6-13(8-10)9-11(2)7-12(3)14/h4-6,8,11-12H,7,9H2,1-3H3. The first-order valence-electron chi connectivity index (χ1n) is 5.27. The quantitative estimate of drug-likeness (QED) is 0.654. The van der Waals surface area contributed by atoms with Gasteiger partial charge in [-0.2, -0.15) is 0 Å². The summed E-state index contributed by atoms with van der Waals surface area (Å²) in [6, 6.07) is 8.72. The van der Waals surface area contributed by atoms with E-state index in [1.807, 2.05) is 0 Å². The molecule has 14 heavy (non-hydrogen) atoms. The Bertz CT molecular complexity index is 278. The molecular weight excluding hydrogens is 192 g/mol. The van der Waals surface area contributed by atoms with Gasteiger partial charge in [-0.15, -0.1) is 11.6 Å². The molecule has 0 bridgehead atoms. The van der Waals surface area contributed by atoms with Crippen LogP contribution < -0.4 is 0 Å². The van der Waals surface area contributed by atoms with Crippen molar-refractivity contribution in [2.24, 2.45) is 5.92 Å². The first-order valence-corrected chi connectivity index (χ1v) is 5.71. The van der Waals surface area contributed by atoms with Crippen molar-refractivity contribution in [3.63, 3.8) is 0 Å². The van der Waals surface area contributed by atoms with Crippen LogP contribution in [0.3, 0.4) is 0 Å². The molecule has 78 valence electrons. The van der Waals surface area contributed by atoms with E-state index in [2.05, 4.69) is 45.0 Å². The van der Waals surface area contributed by atoms with E-state index in [-0.39, 0.29) is 5.38 Å². The summed E-state index contributed by atoms with van der Waals surface area (Å²) >= 11 is 5.97. The van der Waals surface area contributed by atoms with Gasteiger partial charge >= 0.3 is 0 Å². The highest BCUT2D eigenvalue weighted by atomic mass is 35.5. The second-order valence-corrected chi connectivity index (χ2v) is 5.06. The molecule has 0 aromatic heterocycles. The van der Waals surface area contributed by atoms with E-state index < -0.39 is 0 Å². The van der Waals surface area contributed by atoms with Crippen LogP contribution in [-0.2, 0) is 6.42 Å². The Hall–Kier alpha value is -0.490. The molecule has 0 radical (unpaired) electrons. The van der Waals surface area contributed by atoms with Gasteiger partial charge in [-0.25, -0.2) is 0 Å². The number of hydrogen-bond donors (Lipinski definition) is 0. The third kappa shape index (κ3) is 4.15. The number of alkyl halides is 1. The fourth-order valence-corrected chi connectivity index (χ4v) is 2.18. The van der Waals surface area contributed by atoms with Crippen LogP contribution >= 0.6 is 11.6 Å². The third-order valence-electron chi connectivity index (χ3n) is 2.39. The summed E-state index contributed by atoms with van der Waals surface area (Å²) in [5.74, 6) is 0.671. The fraction of sp³-hybridized carbons (Fsp3) is 0.538. The Labute approximate surface area is 92.3 Å². The van der Waals surface area contributed by atoms with E-state index in [0.717, 1.165) is 12.8 Å². The molecule has 2 unspecified atom stereocenters. The first kappa shape index (κ1) is 11.6. The van der Waals surface area contributed by atoms with Crippen molar-refractivity contribution >= 4 is 11.6 Å². The van der Waals surface area contributed by atoms with Crippen LogP contribution in [0.4, 0.5) is 0 Å². The summed E-state index contributed by atoms with van der Waals surface area (Å²) in [6.07, 6.45) is 2.23. The highest BCUT2D eigenvalue weighted by molar-refractivity contribution is 6.20. The minimum absolute atomic E-state index is 0.287. The molecule has 0 aliphatic heterocycles. The van der Waals surface area contributed by atoms with E-state index in [0.29, 0.717) is 5.92 Å². The number of benzene rings is 1. The molecule has 2 atom stereocenters. The minimum Gasteiger partial charge on any atom is -0.123 e. The molecule has 0 saturated heterocycles. The lowest BCUT2D eigenvalue weighted by Crippen LogP contribution is -2.05. The number of halogens is 1. The van der Waals surface area contributed by atoms with Crippen molar-refractivity contribution in [2.75, 3.05) is 0 Å². The average Bonchev–Trinajstić information content (AvgIpc) is 2.01. The van der Waals surface area contributed by atoms with Crippen LogP contribution in [-0.4, -0.2) is 5.38 Å². The topological polar surface area (TPSA) is 0 Å². The van der Waals surface area contributed by atoms with Crippen LogP contribution in [0.5, 0.6) is 0 Å². The second kappa shape index (κ2) is 5.41. The van der Waals surface area contributed by atoms with Gasteiger partial charge in [0.1, 0.15) is 0 Å². The zero-order valence-electron chi connectivity index (χ0n) is 9.26. The number of rotatable bonds is 4. The van der Waals surface area contributed by atoms with E-state index >= 15 is 0 Å². The summed E-state index contributed by atoms with van der Waals surface area (Å²) in [4.78, 5) is 0. The molecule has 0 aliphatic carbocycles. The molecule has 0 nitrogen and oxygen atoms in total. The highest BCUT2D eigenvalue weighted by Gasteiger charge is 2.07. The third-order valence-corrected chi connectivity index (χ3v) is 2.57. The number of aryl methyl sites for hydroxylation is 1. The maximum atomic E-state index is 5.97. The number of hydrogen-bond acceptors (Lipinski definition) is 0. The predicted molar refractivity (Wildman–Crippen MR) is 64.0 cm³/mol. The van der Waals surface area contributed by atoms with E-state index in [1.165, 1.54) is 11.1 Å². The largest absolute Gasteiger partial charge is 0.123 e. The smallest absolute Gasteiger partial charge is 0.0310 e. The maximum Gasteiger partial charge on any atom is 0.0310 e. The van der Waals surface area contributed by atoms with Gasteiger partial charge in [-0.3, -0.25) is 0 Å². The van der Waals surface area contributed by atoms with Gasteiger partial charge < -0.3 is 0 Å². The van der Waals surface area contributed by atoms with Gasteiger partial charge in [-0.05, 0) is 38.2 Å². The van der Waals surface area contributed by atoms with E-state index in [4.69, 9.17) is 11.6 Å². The Morgan fingerprint density at radius 3 is 2.57 bits per heavy atom. The molecule has 1 aromatic rings. The van der Waals surface area contributed by atoms with Gasteiger partial charge in [0.25, 0.3) is 0 Å². The molecule has 0 saturated carbocycles. The Balaban J connectivity index is 2.51. The molecule has 1 heteroatoms. The lowest BCUT2D eigenvalue weighted by atomic mass is 9.96. The molecule has 1 aromatic carbocycles. The van der Waals surface area contributed by atoms with Crippen molar-refractivity contribution in [3.8, 4) is 0 Å². The van der Waals surface area contributed by atoms with Crippen molar-refractivity contribution in [2.45, 2.75) is 39.0 Å². The van der Waals surface area contributed by atoms with Crippen LogP contribution in [0.1, 0.15) is 31.4 Å². The van der Waals surface area contributed by atoms with Crippen LogP contribution in [0.15, 0.2) is 24.3 Å². The van der Waals surface area contributed by atoms with Crippen LogP contribution in [0.25, 0.3) is 0 Å². The SMILES string of the molecule is Cc1cccc(CC(C)CC(C)Cl)c1. The second-order valence-electron chi connectivity index (χ2n) is 4.31. The summed E-state index contributed by atoms with van der Waals surface area (Å²) < 4.78 is 0. The Morgan fingerprint density at radius 1 is 1.29 bits per heavy atom. The normalized spacial score (nSPS) is 15.1. The summed E-state index contributed by atoms with van der Waals surface area (Å²) in [5, 5.41) is 0.287. The van der Waals surface area contributed by atoms with E-state index in [1.54, 1.807) is 0 Å². The first-order chi connectivity index (χ1) is 6.58. The fourth-order valence-electron chi connectivity index (χ4n) is 1.88. The van der Waals surface area contributed by atoms with E-state index in [9.17, 15) is 0 Å². The van der Waals surface area contributed by atoms with Crippen molar-refractivity contribution in [1.82, 2.24) is 0 Å². The zero-order valence-corrected chi connectivity index (χ0v) is 10.0. The van der Waals surface area contributed by atoms with Gasteiger partial charge in [0.15, 0.2) is 0 Å².